The predicted octanol–water partition coefficient (Wildman–Crippen LogP) is 2.48. The summed E-state index contributed by atoms with van der Waals surface area (Å²) in [5.74, 6) is 0.776. The highest BCUT2D eigenvalue weighted by Gasteiger charge is 2.31. The zero-order chi connectivity index (χ0) is 14.9. The van der Waals surface area contributed by atoms with Crippen molar-refractivity contribution < 1.29 is 4.79 Å². The van der Waals surface area contributed by atoms with E-state index in [1.165, 1.54) is 0 Å². The number of nitrogens with zero attached hydrogens (tertiary/aromatic N) is 3. The summed E-state index contributed by atoms with van der Waals surface area (Å²) in [5, 5.41) is 4.47. The van der Waals surface area contributed by atoms with Crippen LogP contribution in [0, 0.1) is 0 Å². The van der Waals surface area contributed by atoms with E-state index < -0.39 is 0 Å². The zero-order valence-corrected chi connectivity index (χ0v) is 12.5. The predicted molar refractivity (Wildman–Crippen MR) is 86.7 cm³/mol. The summed E-state index contributed by atoms with van der Waals surface area (Å²) >= 11 is 1.73. The highest BCUT2D eigenvalue weighted by atomic mass is 32.2. The fraction of sp³-hybridized carbons (Fsp3) is 0.188. The summed E-state index contributed by atoms with van der Waals surface area (Å²) in [6.45, 7) is 0. The quantitative estimate of drug-likeness (QED) is 0.788. The number of carbonyl (C=O) groups is 1. The first-order valence-corrected chi connectivity index (χ1v) is 8.12. The van der Waals surface area contributed by atoms with Gasteiger partial charge in [0.15, 0.2) is 0 Å². The van der Waals surface area contributed by atoms with Gasteiger partial charge >= 0.3 is 0 Å². The molecule has 5 nitrogen and oxygen atoms in total. The Morgan fingerprint density at radius 2 is 2.18 bits per heavy atom. The number of thioether (sulfide) groups is 1. The molecule has 3 aromatic heterocycles. The number of pyridine rings is 2. The van der Waals surface area contributed by atoms with Crippen LogP contribution >= 0.6 is 11.8 Å². The number of carbonyl (C=O) groups excluding carboxylic acids is 1. The van der Waals surface area contributed by atoms with Crippen LogP contribution in [0.2, 0.25) is 0 Å². The highest BCUT2D eigenvalue weighted by molar-refractivity contribution is 7.99. The molecule has 2 atom stereocenters. The molecule has 0 amide bonds. The molecule has 6 heteroatoms. The molecule has 3 aromatic rings. The number of hydrogen-bond acceptors (Lipinski definition) is 5. The molecule has 2 unspecified atom stereocenters. The van der Waals surface area contributed by atoms with E-state index in [9.17, 15) is 4.79 Å². The smallest absolute Gasteiger partial charge is 0.250 e. The second-order valence-corrected chi connectivity index (χ2v) is 6.30. The van der Waals surface area contributed by atoms with E-state index in [1.807, 2.05) is 36.5 Å². The SMILES string of the molecule is O=C(C1CSC(c2cccnc2)N1)n1ccc2cccnc21. The Bertz CT molecular complexity index is 817. The monoisotopic (exact) mass is 310 g/mol. The Hall–Kier alpha value is -2.18. The third-order valence-electron chi connectivity index (χ3n) is 3.75. The molecule has 0 radical (unpaired) electrons. The van der Waals surface area contributed by atoms with E-state index in [0.717, 1.165) is 16.7 Å². The van der Waals surface area contributed by atoms with Gasteiger partial charge in [-0.25, -0.2) is 4.98 Å². The van der Waals surface area contributed by atoms with Crippen LogP contribution in [0.4, 0.5) is 0 Å². The van der Waals surface area contributed by atoms with Gasteiger partial charge in [0.1, 0.15) is 5.65 Å². The normalized spacial score (nSPS) is 21.3. The molecule has 0 aromatic carbocycles. The fourth-order valence-electron chi connectivity index (χ4n) is 2.65. The number of aromatic nitrogens is 3. The molecule has 1 N–H and O–H groups in total. The van der Waals surface area contributed by atoms with E-state index in [1.54, 1.807) is 34.9 Å². The van der Waals surface area contributed by atoms with Crippen molar-refractivity contribution in [3.63, 3.8) is 0 Å². The summed E-state index contributed by atoms with van der Waals surface area (Å²) in [7, 11) is 0. The van der Waals surface area contributed by atoms with Gasteiger partial charge in [-0.05, 0) is 29.8 Å². The topological polar surface area (TPSA) is 59.8 Å². The summed E-state index contributed by atoms with van der Waals surface area (Å²) in [4.78, 5) is 21.2. The first-order chi connectivity index (χ1) is 10.8. The minimum Gasteiger partial charge on any atom is -0.290 e. The van der Waals surface area contributed by atoms with Gasteiger partial charge in [0.2, 0.25) is 5.91 Å². The van der Waals surface area contributed by atoms with Crippen molar-refractivity contribution in [3.8, 4) is 0 Å². The first kappa shape index (κ1) is 13.5. The average molecular weight is 310 g/mol. The van der Waals surface area contributed by atoms with Crippen LogP contribution in [0.25, 0.3) is 11.0 Å². The Kier molecular flexibility index (Phi) is 3.40. The van der Waals surface area contributed by atoms with Gasteiger partial charge in [0.25, 0.3) is 0 Å². The molecule has 4 heterocycles. The van der Waals surface area contributed by atoms with Crippen LogP contribution < -0.4 is 5.32 Å². The summed E-state index contributed by atoms with van der Waals surface area (Å²) < 4.78 is 1.64. The van der Waals surface area contributed by atoms with Gasteiger partial charge < -0.3 is 0 Å². The van der Waals surface area contributed by atoms with Crippen molar-refractivity contribution in [2.75, 3.05) is 5.75 Å². The molecular weight excluding hydrogens is 296 g/mol. The van der Waals surface area contributed by atoms with Gasteiger partial charge in [0.05, 0.1) is 11.4 Å². The molecule has 22 heavy (non-hydrogen) atoms. The molecule has 0 aliphatic carbocycles. The van der Waals surface area contributed by atoms with E-state index in [4.69, 9.17) is 0 Å². The Morgan fingerprint density at radius 1 is 1.27 bits per heavy atom. The molecule has 0 saturated carbocycles. The second-order valence-electron chi connectivity index (χ2n) is 5.16. The lowest BCUT2D eigenvalue weighted by Crippen LogP contribution is -2.37. The number of nitrogens with one attached hydrogen (secondary N) is 1. The lowest BCUT2D eigenvalue weighted by atomic mass is 10.2. The maximum Gasteiger partial charge on any atom is 0.250 e. The minimum absolute atomic E-state index is 0.0348. The molecule has 1 fully saturated rings. The van der Waals surface area contributed by atoms with Crippen LogP contribution in [0.5, 0.6) is 0 Å². The minimum atomic E-state index is -0.215. The van der Waals surface area contributed by atoms with Crippen molar-refractivity contribution in [3.05, 3.63) is 60.7 Å². The Morgan fingerprint density at radius 3 is 3.05 bits per heavy atom. The number of rotatable bonds is 2. The fourth-order valence-corrected chi connectivity index (χ4v) is 3.87. The molecule has 0 bridgehead atoms. The Balaban J connectivity index is 1.57. The summed E-state index contributed by atoms with van der Waals surface area (Å²) in [6.07, 6.45) is 7.10. The maximum absolute atomic E-state index is 12.7. The molecular formula is C16H14N4OS. The lowest BCUT2D eigenvalue weighted by molar-refractivity contribution is 0.0878. The molecule has 0 spiro atoms. The van der Waals surface area contributed by atoms with Gasteiger partial charge in [-0.3, -0.25) is 19.7 Å². The lowest BCUT2D eigenvalue weighted by Gasteiger charge is -2.13. The van der Waals surface area contributed by atoms with Crippen LogP contribution in [0.3, 0.4) is 0 Å². The molecule has 1 aliphatic heterocycles. The van der Waals surface area contributed by atoms with Crippen molar-refractivity contribution in [1.82, 2.24) is 19.9 Å². The molecule has 1 saturated heterocycles. The van der Waals surface area contributed by atoms with Crippen molar-refractivity contribution in [2.45, 2.75) is 11.4 Å². The second kappa shape index (κ2) is 5.55. The van der Waals surface area contributed by atoms with Gasteiger partial charge in [-0.15, -0.1) is 11.8 Å². The third kappa shape index (κ3) is 2.30. The number of hydrogen-bond donors (Lipinski definition) is 1. The number of fused-ring (bicyclic) bond motifs is 1. The van der Waals surface area contributed by atoms with Crippen LogP contribution in [0.1, 0.15) is 15.7 Å². The first-order valence-electron chi connectivity index (χ1n) is 7.07. The molecule has 1 aliphatic rings. The standard InChI is InChI=1S/C16H14N4OS/c21-16(20-8-5-11-3-2-7-18-14(11)20)13-10-22-15(19-13)12-4-1-6-17-9-12/h1-9,13,15,19H,10H2. The zero-order valence-electron chi connectivity index (χ0n) is 11.7. The Labute approximate surface area is 131 Å². The van der Waals surface area contributed by atoms with Crippen molar-refractivity contribution in [1.29, 1.82) is 0 Å². The van der Waals surface area contributed by atoms with Crippen LogP contribution in [-0.2, 0) is 0 Å². The third-order valence-corrected chi connectivity index (χ3v) is 5.02. The van der Waals surface area contributed by atoms with E-state index in [0.29, 0.717) is 5.65 Å². The van der Waals surface area contributed by atoms with E-state index in [2.05, 4.69) is 15.3 Å². The van der Waals surface area contributed by atoms with Gasteiger partial charge in [-0.1, -0.05) is 6.07 Å². The van der Waals surface area contributed by atoms with Crippen molar-refractivity contribution >= 4 is 28.7 Å². The maximum atomic E-state index is 12.7. The van der Waals surface area contributed by atoms with Crippen molar-refractivity contribution in [2.24, 2.45) is 0 Å². The van der Waals surface area contributed by atoms with Crippen LogP contribution in [0.15, 0.2) is 55.1 Å². The van der Waals surface area contributed by atoms with E-state index in [-0.39, 0.29) is 17.3 Å². The molecule has 4 rings (SSSR count). The largest absolute Gasteiger partial charge is 0.290 e. The molecule has 110 valence electrons. The summed E-state index contributed by atoms with van der Waals surface area (Å²) in [5.41, 5.74) is 1.81. The van der Waals surface area contributed by atoms with E-state index >= 15 is 0 Å². The summed E-state index contributed by atoms with van der Waals surface area (Å²) in [6, 6.07) is 9.47. The van der Waals surface area contributed by atoms with Gasteiger partial charge in [0, 0.05) is 35.9 Å². The average Bonchev–Trinajstić information content (AvgIpc) is 3.22. The van der Waals surface area contributed by atoms with Crippen LogP contribution in [-0.4, -0.2) is 32.2 Å². The highest BCUT2D eigenvalue weighted by Crippen LogP contribution is 2.32. The van der Waals surface area contributed by atoms with Gasteiger partial charge in [-0.2, -0.15) is 0 Å².